The summed E-state index contributed by atoms with van der Waals surface area (Å²) >= 11 is 1.41. The molecule has 2 heterocycles. The number of thiazole rings is 1. The number of primary amides is 1. The first-order valence-electron chi connectivity index (χ1n) is 7.32. The lowest BCUT2D eigenvalue weighted by Crippen LogP contribution is -2.13. The summed E-state index contributed by atoms with van der Waals surface area (Å²) in [6.45, 7) is 0. The summed E-state index contributed by atoms with van der Waals surface area (Å²) in [5, 5.41) is 16.1. The van der Waals surface area contributed by atoms with Crippen LogP contribution in [0.2, 0.25) is 0 Å². The minimum Gasteiger partial charge on any atom is -0.507 e. The van der Waals surface area contributed by atoms with Crippen LogP contribution in [0.25, 0.3) is 11.3 Å². The molecule has 0 atom stereocenters. The summed E-state index contributed by atoms with van der Waals surface area (Å²) in [7, 11) is 1.67. The largest absolute Gasteiger partial charge is 0.507 e. The molecule has 3 rings (SSSR count). The van der Waals surface area contributed by atoms with Crippen molar-refractivity contribution in [3.05, 3.63) is 64.0 Å². The third kappa shape index (κ3) is 3.48. The Hall–Kier alpha value is -3.26. The van der Waals surface area contributed by atoms with Crippen molar-refractivity contribution < 1.29 is 9.90 Å². The van der Waals surface area contributed by atoms with Gasteiger partial charge in [-0.2, -0.15) is 5.10 Å². The molecule has 1 amide bonds. The Morgan fingerprint density at radius 1 is 1.36 bits per heavy atom. The number of hydrogen-bond acceptors (Lipinski definition) is 6. The van der Waals surface area contributed by atoms with Gasteiger partial charge in [-0.1, -0.05) is 6.07 Å². The molecule has 0 aliphatic carbocycles. The molecule has 0 radical (unpaired) electrons. The minimum absolute atomic E-state index is 0.0546. The van der Waals surface area contributed by atoms with Gasteiger partial charge in [0.2, 0.25) is 4.80 Å². The van der Waals surface area contributed by atoms with Crippen LogP contribution >= 0.6 is 11.3 Å². The highest BCUT2D eigenvalue weighted by molar-refractivity contribution is 7.07. The number of nitrogens with two attached hydrogens (primary N) is 1. The Bertz CT molecular complexity index is 1010. The first kappa shape index (κ1) is 16.6. The van der Waals surface area contributed by atoms with Crippen LogP contribution in [0.1, 0.15) is 16.1 Å². The Morgan fingerprint density at radius 2 is 2.20 bits per heavy atom. The van der Waals surface area contributed by atoms with E-state index in [1.54, 1.807) is 30.2 Å². The summed E-state index contributed by atoms with van der Waals surface area (Å²) in [6, 6.07) is 10.2. The molecule has 3 N–H and O–H groups in total. The fourth-order valence-electron chi connectivity index (χ4n) is 2.22. The Balaban J connectivity index is 2.10. The van der Waals surface area contributed by atoms with Crippen LogP contribution in [0.5, 0.6) is 5.75 Å². The Labute approximate surface area is 147 Å². The van der Waals surface area contributed by atoms with E-state index in [2.05, 4.69) is 15.1 Å². The van der Waals surface area contributed by atoms with E-state index >= 15 is 0 Å². The molecule has 1 aromatic carbocycles. The first-order valence-corrected chi connectivity index (χ1v) is 8.20. The maximum atomic E-state index is 11.5. The standard InChI is InChI=1S/C17H15N5O2S/c1-19-17-22(21-9-12-4-2-3-7-20-12)14(10-25-17)11-5-6-15(23)13(8-11)16(18)24/h2-10,23H,1H3,(H2,18,24)/b19-17?,21-9-. The van der Waals surface area contributed by atoms with Crippen LogP contribution < -0.4 is 10.5 Å². The number of rotatable bonds is 4. The number of phenols is 1. The van der Waals surface area contributed by atoms with E-state index in [0.29, 0.717) is 16.1 Å². The van der Waals surface area contributed by atoms with Gasteiger partial charge in [-0.05, 0) is 30.3 Å². The van der Waals surface area contributed by atoms with E-state index in [1.165, 1.54) is 23.5 Å². The van der Waals surface area contributed by atoms with Gasteiger partial charge >= 0.3 is 0 Å². The van der Waals surface area contributed by atoms with Gasteiger partial charge < -0.3 is 10.8 Å². The molecule has 0 aliphatic heterocycles. The van der Waals surface area contributed by atoms with Gasteiger partial charge in [0.25, 0.3) is 5.91 Å². The average molecular weight is 353 g/mol. The number of benzene rings is 1. The summed E-state index contributed by atoms with van der Waals surface area (Å²) in [5.74, 6) is -0.853. The molecule has 0 saturated carbocycles. The SMILES string of the molecule is CN=c1scc(-c2ccc(O)c(C(N)=O)c2)n1/N=C\c1ccccn1. The number of nitrogens with zero attached hydrogens (tertiary/aromatic N) is 4. The molecule has 3 aromatic rings. The van der Waals surface area contributed by atoms with Crippen molar-refractivity contribution >= 4 is 23.5 Å². The number of carbonyl (C=O) groups excluding carboxylic acids is 1. The second kappa shape index (κ2) is 7.10. The van der Waals surface area contributed by atoms with Crippen LogP contribution in [-0.4, -0.2) is 33.9 Å². The van der Waals surface area contributed by atoms with Crippen LogP contribution in [0.4, 0.5) is 0 Å². The van der Waals surface area contributed by atoms with Gasteiger partial charge in [-0.3, -0.25) is 14.8 Å². The minimum atomic E-state index is -0.696. The number of hydrogen-bond donors (Lipinski definition) is 2. The molecule has 8 heteroatoms. The number of aromatic nitrogens is 2. The quantitative estimate of drug-likeness (QED) is 0.699. The second-order valence-electron chi connectivity index (χ2n) is 5.03. The molecular formula is C17H15N5O2S. The number of amides is 1. The van der Waals surface area contributed by atoms with Crippen molar-refractivity contribution in [2.75, 3.05) is 7.05 Å². The van der Waals surface area contributed by atoms with E-state index < -0.39 is 5.91 Å². The molecule has 0 saturated heterocycles. The van der Waals surface area contributed by atoms with Crippen molar-refractivity contribution in [3.63, 3.8) is 0 Å². The molecule has 25 heavy (non-hydrogen) atoms. The average Bonchev–Trinajstić information content (AvgIpc) is 3.04. The summed E-state index contributed by atoms with van der Waals surface area (Å²) in [5.41, 5.74) is 7.48. The predicted molar refractivity (Wildman–Crippen MR) is 96.6 cm³/mol. The molecule has 126 valence electrons. The lowest BCUT2D eigenvalue weighted by molar-refractivity contribution is 0.0998. The second-order valence-corrected chi connectivity index (χ2v) is 5.87. The number of pyridine rings is 1. The first-order chi connectivity index (χ1) is 12.1. The maximum absolute atomic E-state index is 11.5. The lowest BCUT2D eigenvalue weighted by atomic mass is 10.1. The molecule has 0 unspecified atom stereocenters. The molecule has 2 aromatic heterocycles. The zero-order valence-corrected chi connectivity index (χ0v) is 14.1. The smallest absolute Gasteiger partial charge is 0.252 e. The monoisotopic (exact) mass is 353 g/mol. The lowest BCUT2D eigenvalue weighted by Gasteiger charge is -2.06. The van der Waals surface area contributed by atoms with Gasteiger partial charge in [0, 0.05) is 24.2 Å². The van der Waals surface area contributed by atoms with Gasteiger partial charge in [0.1, 0.15) is 5.75 Å². The highest BCUT2D eigenvalue weighted by Crippen LogP contribution is 2.26. The number of carbonyl (C=O) groups is 1. The highest BCUT2D eigenvalue weighted by Gasteiger charge is 2.13. The van der Waals surface area contributed by atoms with Crippen molar-refractivity contribution in [3.8, 4) is 17.0 Å². The molecular weight excluding hydrogens is 338 g/mol. The maximum Gasteiger partial charge on any atom is 0.252 e. The van der Waals surface area contributed by atoms with Gasteiger partial charge in [-0.15, -0.1) is 11.3 Å². The highest BCUT2D eigenvalue weighted by atomic mass is 32.1. The fourth-order valence-corrected chi connectivity index (χ4v) is 3.03. The van der Waals surface area contributed by atoms with Gasteiger partial charge in [0.05, 0.1) is 23.2 Å². The van der Waals surface area contributed by atoms with Crippen LogP contribution in [-0.2, 0) is 0 Å². The fraction of sp³-hybridized carbons (Fsp3) is 0.0588. The molecule has 7 nitrogen and oxygen atoms in total. The number of aromatic hydroxyl groups is 1. The third-order valence-electron chi connectivity index (χ3n) is 3.43. The zero-order valence-electron chi connectivity index (χ0n) is 13.3. The van der Waals surface area contributed by atoms with E-state index in [4.69, 9.17) is 5.73 Å². The normalized spacial score (nSPS) is 12.0. The van der Waals surface area contributed by atoms with Crippen molar-refractivity contribution in [1.82, 2.24) is 9.66 Å². The van der Waals surface area contributed by atoms with E-state index in [0.717, 1.165) is 5.69 Å². The summed E-state index contributed by atoms with van der Waals surface area (Å²) in [6.07, 6.45) is 3.31. The topological polar surface area (TPSA) is 106 Å². The van der Waals surface area contributed by atoms with Crippen LogP contribution in [0, 0.1) is 0 Å². The third-order valence-corrected chi connectivity index (χ3v) is 4.34. The van der Waals surface area contributed by atoms with E-state index in [1.807, 2.05) is 23.6 Å². The molecule has 0 spiro atoms. The van der Waals surface area contributed by atoms with E-state index in [-0.39, 0.29) is 11.3 Å². The van der Waals surface area contributed by atoms with Crippen molar-refractivity contribution in [2.45, 2.75) is 0 Å². The Kier molecular flexibility index (Phi) is 4.71. The van der Waals surface area contributed by atoms with E-state index in [9.17, 15) is 9.90 Å². The van der Waals surface area contributed by atoms with Crippen LogP contribution in [0.15, 0.2) is 58.1 Å². The van der Waals surface area contributed by atoms with Crippen molar-refractivity contribution in [2.24, 2.45) is 15.8 Å². The molecule has 0 fully saturated rings. The summed E-state index contributed by atoms with van der Waals surface area (Å²) < 4.78 is 1.65. The Morgan fingerprint density at radius 3 is 2.88 bits per heavy atom. The van der Waals surface area contributed by atoms with Gasteiger partial charge in [-0.25, -0.2) is 4.68 Å². The van der Waals surface area contributed by atoms with Crippen molar-refractivity contribution in [1.29, 1.82) is 0 Å². The summed E-state index contributed by atoms with van der Waals surface area (Å²) in [4.78, 5) is 20.6. The molecule has 0 bridgehead atoms. The van der Waals surface area contributed by atoms with Crippen LogP contribution in [0.3, 0.4) is 0 Å². The zero-order chi connectivity index (χ0) is 17.8. The predicted octanol–water partition coefficient (Wildman–Crippen LogP) is 1.83. The molecule has 0 aliphatic rings. The van der Waals surface area contributed by atoms with Gasteiger partial charge in [0.15, 0.2) is 0 Å².